The largest absolute Gasteiger partial charge is 0.278 e. The molecule has 2 aromatic heterocycles. The molecule has 0 bridgehead atoms. The first-order valence-corrected chi connectivity index (χ1v) is 16.3. The van der Waals surface area contributed by atoms with Crippen LogP contribution in [0.4, 0.5) is 5.00 Å². The minimum atomic E-state index is 0.588. The van der Waals surface area contributed by atoms with Crippen molar-refractivity contribution in [2.45, 2.75) is 19.3 Å². The quantitative estimate of drug-likeness (QED) is 0.110. The van der Waals surface area contributed by atoms with E-state index in [-0.39, 0.29) is 0 Å². The number of hydrogen-bond donors (Lipinski definition) is 0. The number of aromatic nitrogens is 1. The number of fused-ring (bicyclic) bond motifs is 10. The van der Waals surface area contributed by atoms with Crippen LogP contribution in [0.1, 0.15) is 28.7 Å². The molecule has 8 aromatic rings. The molecule has 0 fully saturated rings. The summed E-state index contributed by atoms with van der Waals surface area (Å²) in [6, 6.07) is 41.5. The van der Waals surface area contributed by atoms with Crippen molar-refractivity contribution in [3.8, 4) is 0 Å². The van der Waals surface area contributed by atoms with Crippen LogP contribution in [0.15, 0.2) is 131 Å². The normalized spacial score (nSPS) is 13.4. The van der Waals surface area contributed by atoms with Crippen LogP contribution < -0.4 is 0 Å². The highest BCUT2D eigenvalue weighted by molar-refractivity contribution is 7.22. The summed E-state index contributed by atoms with van der Waals surface area (Å²) in [7, 11) is 0. The molecule has 9 rings (SSSR count). The Balaban J connectivity index is 1.31. The maximum Gasteiger partial charge on any atom is 0.235 e. The van der Waals surface area contributed by atoms with Crippen LogP contribution in [0.3, 0.4) is 0 Å². The molecular formula is C41H29N3S. The first-order valence-electron chi connectivity index (χ1n) is 15.5. The van der Waals surface area contributed by atoms with Crippen molar-refractivity contribution >= 4 is 88.5 Å². The van der Waals surface area contributed by atoms with Gasteiger partial charge in [0.05, 0.1) is 11.0 Å². The highest BCUT2D eigenvalue weighted by Gasteiger charge is 2.20. The van der Waals surface area contributed by atoms with Gasteiger partial charge in [-0.1, -0.05) is 109 Å². The fourth-order valence-corrected chi connectivity index (χ4v) is 8.35. The second-order valence-electron chi connectivity index (χ2n) is 11.8. The van der Waals surface area contributed by atoms with Crippen LogP contribution >= 0.6 is 11.3 Å². The van der Waals surface area contributed by atoms with Gasteiger partial charge in [-0.3, -0.25) is 4.57 Å². The van der Waals surface area contributed by atoms with Crippen molar-refractivity contribution in [3.05, 3.63) is 144 Å². The summed E-state index contributed by atoms with van der Waals surface area (Å²) in [5, 5.41) is 9.87. The number of aliphatic imine (C=N–C) groups is 2. The molecule has 3 nitrogen and oxygen atoms in total. The van der Waals surface area contributed by atoms with Crippen molar-refractivity contribution in [3.63, 3.8) is 0 Å². The summed E-state index contributed by atoms with van der Waals surface area (Å²) in [5.41, 5.74) is 7.44. The minimum absolute atomic E-state index is 0.588. The lowest BCUT2D eigenvalue weighted by Crippen LogP contribution is -2.08. The standard InChI is InChI=1S/C41H29N3S/c1-42-41(43-40-34(25-26-11-3-2-4-12-26)30-15-8-10-18-37(30)45-40)44-35-17-9-7-16-33(35)39-32-22-21-28-20-19-27-13-5-6-14-29(27)38(28)31(32)23-24-36(39)44/h2-5,7-13,15-24H,1,6,14,25H2/b43-41+. The molecule has 0 aliphatic heterocycles. The third kappa shape index (κ3) is 4.10. The number of allylic oxidation sites excluding steroid dienone is 1. The Morgan fingerprint density at radius 3 is 2.36 bits per heavy atom. The van der Waals surface area contributed by atoms with E-state index in [0.717, 1.165) is 35.3 Å². The Morgan fingerprint density at radius 1 is 0.711 bits per heavy atom. The van der Waals surface area contributed by atoms with Gasteiger partial charge < -0.3 is 0 Å². The van der Waals surface area contributed by atoms with Crippen LogP contribution in [0, 0.1) is 0 Å². The Kier molecular flexibility index (Phi) is 6.03. The summed E-state index contributed by atoms with van der Waals surface area (Å²) in [5.74, 6) is 0.588. The van der Waals surface area contributed by atoms with Crippen LogP contribution in [0.25, 0.3) is 59.5 Å². The van der Waals surface area contributed by atoms with Gasteiger partial charge in [0.25, 0.3) is 0 Å². The lowest BCUT2D eigenvalue weighted by atomic mass is 9.88. The number of thiophene rings is 1. The van der Waals surface area contributed by atoms with Crippen molar-refractivity contribution in [1.29, 1.82) is 0 Å². The summed E-state index contributed by atoms with van der Waals surface area (Å²) < 4.78 is 3.42. The maximum atomic E-state index is 5.30. The number of hydrogen-bond acceptors (Lipinski definition) is 2. The van der Waals surface area contributed by atoms with Gasteiger partial charge in [-0.25, -0.2) is 9.98 Å². The van der Waals surface area contributed by atoms with E-state index in [2.05, 4.69) is 144 Å². The van der Waals surface area contributed by atoms with Crippen molar-refractivity contribution < 1.29 is 0 Å². The molecule has 0 spiro atoms. The maximum absolute atomic E-state index is 5.30. The molecule has 0 radical (unpaired) electrons. The van der Waals surface area contributed by atoms with E-state index in [4.69, 9.17) is 4.99 Å². The third-order valence-corrected chi connectivity index (χ3v) is 10.4. The zero-order chi connectivity index (χ0) is 29.9. The van der Waals surface area contributed by atoms with Crippen LogP contribution in [0.5, 0.6) is 0 Å². The Bertz CT molecular complexity index is 2530. The number of benzene rings is 6. The predicted octanol–water partition coefficient (Wildman–Crippen LogP) is 11.1. The molecule has 0 N–H and O–H groups in total. The zero-order valence-corrected chi connectivity index (χ0v) is 25.5. The number of para-hydroxylation sites is 1. The fourth-order valence-electron chi connectivity index (χ4n) is 7.26. The SMILES string of the molecule is C=N/C(=N\c1sc2ccccc2c1Cc1ccccc1)n1c2ccccc2c2c3ccc4ccc5c(c4c3ccc21)CCC=C5. The van der Waals surface area contributed by atoms with Gasteiger partial charge in [-0.2, -0.15) is 0 Å². The molecule has 6 aromatic carbocycles. The molecule has 0 atom stereocenters. The summed E-state index contributed by atoms with van der Waals surface area (Å²) >= 11 is 1.72. The highest BCUT2D eigenvalue weighted by atomic mass is 32.1. The molecule has 0 saturated carbocycles. The minimum Gasteiger partial charge on any atom is -0.278 e. The molecule has 214 valence electrons. The van der Waals surface area contributed by atoms with E-state index in [9.17, 15) is 0 Å². The average Bonchev–Trinajstić information content (AvgIpc) is 3.62. The Labute approximate surface area is 265 Å². The van der Waals surface area contributed by atoms with Crippen molar-refractivity contribution in [2.75, 3.05) is 0 Å². The molecule has 0 saturated heterocycles. The van der Waals surface area contributed by atoms with E-state index in [0.29, 0.717) is 5.96 Å². The molecule has 0 amide bonds. The van der Waals surface area contributed by atoms with Crippen LogP contribution in [-0.2, 0) is 12.8 Å². The Morgan fingerprint density at radius 2 is 1.47 bits per heavy atom. The van der Waals surface area contributed by atoms with Crippen LogP contribution in [-0.4, -0.2) is 17.2 Å². The van der Waals surface area contributed by atoms with E-state index in [1.54, 1.807) is 11.3 Å². The summed E-state index contributed by atoms with van der Waals surface area (Å²) in [4.78, 5) is 9.90. The monoisotopic (exact) mass is 595 g/mol. The molecular weight excluding hydrogens is 567 g/mol. The lowest BCUT2D eigenvalue weighted by molar-refractivity contribution is 0.998. The number of aryl methyl sites for hydroxylation is 1. The van der Waals surface area contributed by atoms with Gasteiger partial charge >= 0.3 is 0 Å². The highest BCUT2D eigenvalue weighted by Crippen LogP contribution is 2.42. The molecule has 1 aliphatic rings. The van der Waals surface area contributed by atoms with Crippen molar-refractivity contribution in [2.24, 2.45) is 9.98 Å². The number of nitrogens with zero attached hydrogens (tertiary/aromatic N) is 3. The third-order valence-electron chi connectivity index (χ3n) is 9.26. The lowest BCUT2D eigenvalue weighted by Gasteiger charge is -2.16. The first kappa shape index (κ1) is 26.1. The average molecular weight is 596 g/mol. The Hall–Kier alpha value is -5.32. The summed E-state index contributed by atoms with van der Waals surface area (Å²) in [6.45, 7) is 4.04. The first-order chi connectivity index (χ1) is 22.3. The summed E-state index contributed by atoms with van der Waals surface area (Å²) in [6.07, 6.45) is 7.52. The van der Waals surface area contributed by atoms with E-state index in [1.807, 2.05) is 0 Å². The van der Waals surface area contributed by atoms with Gasteiger partial charge in [0, 0.05) is 27.5 Å². The topological polar surface area (TPSA) is 29.6 Å². The molecule has 2 heterocycles. The van der Waals surface area contributed by atoms with Gasteiger partial charge in [0.15, 0.2) is 0 Å². The predicted molar refractivity (Wildman–Crippen MR) is 195 cm³/mol. The van der Waals surface area contributed by atoms with Crippen molar-refractivity contribution in [1.82, 2.24) is 4.57 Å². The van der Waals surface area contributed by atoms with Gasteiger partial charge in [-0.05, 0) is 81.4 Å². The molecule has 0 unspecified atom stereocenters. The second kappa shape index (κ2) is 10.4. The van der Waals surface area contributed by atoms with Gasteiger partial charge in [0.2, 0.25) is 5.96 Å². The zero-order valence-electron chi connectivity index (χ0n) is 24.7. The van der Waals surface area contributed by atoms with Crippen LogP contribution in [0.2, 0.25) is 0 Å². The number of rotatable bonds is 3. The van der Waals surface area contributed by atoms with Gasteiger partial charge in [-0.15, -0.1) is 11.3 Å². The van der Waals surface area contributed by atoms with E-state index >= 15 is 0 Å². The molecule has 1 aliphatic carbocycles. The fraction of sp³-hybridized carbons (Fsp3) is 0.0732. The second-order valence-corrected chi connectivity index (χ2v) is 12.8. The molecule has 45 heavy (non-hydrogen) atoms. The van der Waals surface area contributed by atoms with E-state index in [1.165, 1.54) is 64.7 Å². The van der Waals surface area contributed by atoms with Gasteiger partial charge in [0.1, 0.15) is 5.00 Å². The smallest absolute Gasteiger partial charge is 0.235 e. The molecule has 4 heteroatoms. The van der Waals surface area contributed by atoms with E-state index < -0.39 is 0 Å².